The molecule has 0 heterocycles. The van der Waals surface area contributed by atoms with Gasteiger partial charge in [-0.15, -0.1) is 0 Å². The molecule has 0 unspecified atom stereocenters. The summed E-state index contributed by atoms with van der Waals surface area (Å²) >= 11 is 5.54. The van der Waals surface area contributed by atoms with Crippen LogP contribution in [0.5, 0.6) is 0 Å². The summed E-state index contributed by atoms with van der Waals surface area (Å²) in [4.78, 5) is 4.70. The van der Waals surface area contributed by atoms with Gasteiger partial charge < -0.3 is 4.84 Å². The maximum atomic E-state index is 5.54. The molecule has 0 radical (unpaired) electrons. The van der Waals surface area contributed by atoms with Crippen molar-refractivity contribution in [2.45, 2.75) is 13.0 Å². The molecule has 0 spiro atoms. The van der Waals surface area contributed by atoms with Crippen LogP contribution in [0, 0.1) is 0 Å². The Morgan fingerprint density at radius 1 is 0.950 bits per heavy atom. The molecular formula is C17H20ClNO. The Balaban J connectivity index is 0.000000171. The van der Waals surface area contributed by atoms with Crippen molar-refractivity contribution in [3.05, 3.63) is 83.4 Å². The van der Waals surface area contributed by atoms with Crippen molar-refractivity contribution >= 4 is 11.6 Å². The molecule has 0 amide bonds. The van der Waals surface area contributed by atoms with E-state index >= 15 is 0 Å². The van der Waals surface area contributed by atoms with E-state index in [1.54, 1.807) is 7.11 Å². The fourth-order valence-corrected chi connectivity index (χ4v) is 1.31. The summed E-state index contributed by atoms with van der Waals surface area (Å²) in [6.07, 6.45) is 5.50. The van der Waals surface area contributed by atoms with E-state index in [0.717, 1.165) is 11.6 Å². The Labute approximate surface area is 126 Å². The van der Waals surface area contributed by atoms with Gasteiger partial charge in [0.25, 0.3) is 0 Å². The van der Waals surface area contributed by atoms with Gasteiger partial charge in [0.05, 0.1) is 7.11 Å². The first-order chi connectivity index (χ1) is 9.83. The maximum Gasteiger partial charge on any atom is 0.0572 e. The highest BCUT2D eigenvalue weighted by Gasteiger charge is 1.86. The minimum atomic E-state index is 0.761. The lowest BCUT2D eigenvalue weighted by molar-refractivity contribution is 0.0867. The van der Waals surface area contributed by atoms with Gasteiger partial charge in [-0.2, -0.15) is 5.48 Å². The van der Waals surface area contributed by atoms with Crippen molar-refractivity contribution in [3.63, 3.8) is 0 Å². The monoisotopic (exact) mass is 289 g/mol. The van der Waals surface area contributed by atoms with Crippen LogP contribution in [-0.2, 0) is 11.4 Å². The summed E-state index contributed by atoms with van der Waals surface area (Å²) in [5, 5.41) is 0.794. The molecule has 0 bridgehead atoms. The Morgan fingerprint density at radius 2 is 1.45 bits per heavy atom. The molecule has 3 heteroatoms. The zero-order chi connectivity index (χ0) is 14.5. The Hall–Kier alpha value is -1.61. The fourth-order valence-electron chi connectivity index (χ4n) is 1.17. The average Bonchev–Trinajstić information content (AvgIpc) is 3.36. The molecule has 1 aliphatic rings. The summed E-state index contributed by atoms with van der Waals surface area (Å²) in [5.41, 5.74) is 3.99. The van der Waals surface area contributed by atoms with Crippen LogP contribution in [0.3, 0.4) is 0 Å². The SMILES string of the molecule is C1=CC1.CONCc1ccccc1.Clc1ccccc1. The molecule has 0 aliphatic heterocycles. The zero-order valence-corrected chi connectivity index (χ0v) is 12.4. The number of hydrogen-bond donors (Lipinski definition) is 1. The normalized spacial score (nSPS) is 10.7. The smallest absolute Gasteiger partial charge is 0.0572 e. The first-order valence-electron chi connectivity index (χ1n) is 6.48. The standard InChI is InChI=1S/C8H11NO.C6H5Cl.C3H4/c1-10-9-7-8-5-3-2-4-6-8;7-6-4-2-1-3-5-6;1-2-3-1/h2-6,9H,7H2,1H3;1-5H;1-2H,3H2. The van der Waals surface area contributed by atoms with Gasteiger partial charge in [0.2, 0.25) is 0 Å². The highest BCUT2D eigenvalue weighted by molar-refractivity contribution is 6.30. The molecule has 2 aromatic rings. The first kappa shape index (κ1) is 16.4. The summed E-state index contributed by atoms with van der Waals surface area (Å²) < 4.78 is 0. The first-order valence-corrected chi connectivity index (χ1v) is 6.86. The number of hydrogen-bond acceptors (Lipinski definition) is 2. The number of nitrogens with one attached hydrogen (secondary N) is 1. The largest absolute Gasteiger partial charge is 0.305 e. The van der Waals surface area contributed by atoms with E-state index in [1.807, 2.05) is 60.7 Å². The topological polar surface area (TPSA) is 21.3 Å². The van der Waals surface area contributed by atoms with Crippen molar-refractivity contribution in [2.75, 3.05) is 7.11 Å². The second-order valence-electron chi connectivity index (χ2n) is 4.01. The van der Waals surface area contributed by atoms with Crippen molar-refractivity contribution < 1.29 is 4.84 Å². The van der Waals surface area contributed by atoms with Crippen LogP contribution >= 0.6 is 11.6 Å². The molecule has 0 fully saturated rings. The minimum Gasteiger partial charge on any atom is -0.305 e. The third-order valence-electron chi connectivity index (χ3n) is 2.23. The Morgan fingerprint density at radius 3 is 1.80 bits per heavy atom. The van der Waals surface area contributed by atoms with Crippen LogP contribution in [0.1, 0.15) is 12.0 Å². The number of allylic oxidation sites excluding steroid dienone is 2. The molecule has 20 heavy (non-hydrogen) atoms. The van der Waals surface area contributed by atoms with E-state index in [0.29, 0.717) is 0 Å². The molecule has 2 nitrogen and oxygen atoms in total. The molecule has 1 aliphatic carbocycles. The number of hydroxylamine groups is 1. The van der Waals surface area contributed by atoms with Crippen LogP contribution in [-0.4, -0.2) is 7.11 Å². The molecule has 1 N–H and O–H groups in total. The highest BCUT2D eigenvalue weighted by Crippen LogP contribution is 2.03. The second kappa shape index (κ2) is 11.2. The van der Waals surface area contributed by atoms with Gasteiger partial charge in [-0.25, -0.2) is 0 Å². The molecule has 3 rings (SSSR count). The van der Waals surface area contributed by atoms with Gasteiger partial charge in [-0.05, 0) is 24.1 Å². The lowest BCUT2D eigenvalue weighted by Crippen LogP contribution is -2.10. The van der Waals surface area contributed by atoms with Gasteiger partial charge in [0.1, 0.15) is 0 Å². The van der Waals surface area contributed by atoms with Crippen LogP contribution in [0.2, 0.25) is 5.02 Å². The lowest BCUT2D eigenvalue weighted by Gasteiger charge is -1.99. The molecule has 2 aromatic carbocycles. The van der Waals surface area contributed by atoms with Crippen molar-refractivity contribution in [3.8, 4) is 0 Å². The molecule has 0 saturated carbocycles. The fraction of sp³-hybridized carbons (Fsp3) is 0.176. The Kier molecular flexibility index (Phi) is 9.24. The predicted octanol–water partition coefficient (Wildman–Crippen LogP) is 4.62. The van der Waals surface area contributed by atoms with E-state index in [-0.39, 0.29) is 0 Å². The van der Waals surface area contributed by atoms with E-state index < -0.39 is 0 Å². The number of benzene rings is 2. The van der Waals surface area contributed by atoms with Crippen molar-refractivity contribution in [1.29, 1.82) is 0 Å². The van der Waals surface area contributed by atoms with E-state index in [4.69, 9.17) is 16.4 Å². The molecule has 0 atom stereocenters. The van der Waals surface area contributed by atoms with Gasteiger partial charge in [0, 0.05) is 11.6 Å². The van der Waals surface area contributed by atoms with Gasteiger partial charge in [0.15, 0.2) is 0 Å². The molecule has 106 valence electrons. The predicted molar refractivity (Wildman–Crippen MR) is 85.5 cm³/mol. The number of halogens is 1. The second-order valence-corrected chi connectivity index (χ2v) is 4.45. The van der Waals surface area contributed by atoms with Gasteiger partial charge in [-0.1, -0.05) is 72.3 Å². The molecule has 0 saturated heterocycles. The van der Waals surface area contributed by atoms with E-state index in [2.05, 4.69) is 17.6 Å². The third-order valence-corrected chi connectivity index (χ3v) is 2.48. The minimum absolute atomic E-state index is 0.761. The van der Waals surface area contributed by atoms with Crippen LogP contribution in [0.4, 0.5) is 0 Å². The van der Waals surface area contributed by atoms with Crippen molar-refractivity contribution in [1.82, 2.24) is 5.48 Å². The summed E-state index contributed by atoms with van der Waals surface area (Å²) in [6, 6.07) is 19.5. The molecular weight excluding hydrogens is 270 g/mol. The van der Waals surface area contributed by atoms with E-state index in [9.17, 15) is 0 Å². The summed E-state index contributed by atoms with van der Waals surface area (Å²) in [7, 11) is 1.61. The quantitative estimate of drug-likeness (QED) is 0.657. The van der Waals surface area contributed by atoms with Gasteiger partial charge in [-0.3, -0.25) is 0 Å². The summed E-state index contributed by atoms with van der Waals surface area (Å²) in [6.45, 7) is 0.761. The van der Waals surface area contributed by atoms with E-state index in [1.165, 1.54) is 12.0 Å². The highest BCUT2D eigenvalue weighted by atomic mass is 35.5. The van der Waals surface area contributed by atoms with Crippen molar-refractivity contribution in [2.24, 2.45) is 0 Å². The summed E-state index contributed by atoms with van der Waals surface area (Å²) in [5.74, 6) is 0. The van der Waals surface area contributed by atoms with Crippen LogP contribution in [0.15, 0.2) is 72.8 Å². The number of rotatable bonds is 3. The zero-order valence-electron chi connectivity index (χ0n) is 11.6. The lowest BCUT2D eigenvalue weighted by atomic mass is 10.2. The average molecular weight is 290 g/mol. The van der Waals surface area contributed by atoms with Crippen LogP contribution < -0.4 is 5.48 Å². The maximum absolute atomic E-state index is 5.54. The molecule has 0 aromatic heterocycles. The van der Waals surface area contributed by atoms with Gasteiger partial charge >= 0.3 is 0 Å². The van der Waals surface area contributed by atoms with Crippen LogP contribution in [0.25, 0.3) is 0 Å². The Bertz CT molecular complexity index is 467. The third kappa shape index (κ3) is 10.3.